The Kier molecular flexibility index (Phi) is 3.39. The van der Waals surface area contributed by atoms with Gasteiger partial charge in [0.15, 0.2) is 0 Å². The first kappa shape index (κ1) is 11.3. The van der Waals surface area contributed by atoms with Gasteiger partial charge in [-0.1, -0.05) is 31.2 Å². The van der Waals surface area contributed by atoms with Crippen molar-refractivity contribution in [2.75, 3.05) is 12.9 Å². The minimum Gasteiger partial charge on any atom is -0.497 e. The lowest BCUT2D eigenvalue weighted by Gasteiger charge is -2.10. The molecule has 2 aromatic rings. The monoisotopic (exact) mass is 232 g/mol. The zero-order chi connectivity index (χ0) is 11.5. The van der Waals surface area contributed by atoms with Crippen LogP contribution in [-0.2, 0) is 0 Å². The van der Waals surface area contributed by atoms with Crippen molar-refractivity contribution in [3.63, 3.8) is 0 Å². The molecule has 0 aromatic heterocycles. The minimum atomic E-state index is 0.495. The van der Waals surface area contributed by atoms with Crippen LogP contribution in [0.15, 0.2) is 36.4 Å². The Hall–Kier alpha value is -1.15. The molecule has 0 saturated heterocycles. The molecule has 84 valence electrons. The molecule has 0 amide bonds. The molecule has 0 N–H and O–H groups in total. The maximum atomic E-state index is 5.21. The van der Waals surface area contributed by atoms with Crippen LogP contribution in [0.4, 0.5) is 0 Å². The molecule has 0 aliphatic rings. The summed E-state index contributed by atoms with van der Waals surface area (Å²) in [5, 5.41) is 2.47. The topological polar surface area (TPSA) is 9.23 Å². The molecule has 2 heteroatoms. The van der Waals surface area contributed by atoms with Gasteiger partial charge >= 0.3 is 0 Å². The van der Waals surface area contributed by atoms with Crippen molar-refractivity contribution in [3.05, 3.63) is 42.0 Å². The number of rotatable bonds is 3. The van der Waals surface area contributed by atoms with Gasteiger partial charge in [0, 0.05) is 0 Å². The molecule has 1 nitrogen and oxygen atoms in total. The fourth-order valence-corrected chi connectivity index (χ4v) is 1.99. The highest BCUT2D eigenvalue weighted by atomic mass is 32.1. The lowest BCUT2D eigenvalue weighted by molar-refractivity contribution is 0.415. The second-order valence-electron chi connectivity index (χ2n) is 4.06. The Labute approximate surface area is 102 Å². The summed E-state index contributed by atoms with van der Waals surface area (Å²) < 4.78 is 5.21. The highest BCUT2D eigenvalue weighted by molar-refractivity contribution is 7.80. The SMILES string of the molecule is COc1ccc2cc(C(C)CS)ccc2c1. The number of methoxy groups -OCH3 is 1. The molecule has 0 spiro atoms. The van der Waals surface area contributed by atoms with Crippen LogP contribution >= 0.6 is 12.6 Å². The quantitative estimate of drug-likeness (QED) is 0.790. The third-order valence-corrected chi connectivity index (χ3v) is 3.46. The summed E-state index contributed by atoms with van der Waals surface area (Å²) in [7, 11) is 1.69. The average Bonchev–Trinajstić information content (AvgIpc) is 2.36. The van der Waals surface area contributed by atoms with Gasteiger partial charge in [-0.2, -0.15) is 12.6 Å². The number of benzene rings is 2. The van der Waals surface area contributed by atoms with E-state index in [-0.39, 0.29) is 0 Å². The zero-order valence-corrected chi connectivity index (χ0v) is 10.5. The molecule has 0 radical (unpaired) electrons. The van der Waals surface area contributed by atoms with Gasteiger partial charge in [0.25, 0.3) is 0 Å². The number of hydrogen-bond acceptors (Lipinski definition) is 2. The van der Waals surface area contributed by atoms with Crippen LogP contribution in [-0.4, -0.2) is 12.9 Å². The highest BCUT2D eigenvalue weighted by Crippen LogP contribution is 2.25. The standard InChI is InChI=1S/C14H16OS/c1-10(9-16)11-3-4-13-8-14(15-2)6-5-12(13)7-11/h3-8,10,16H,9H2,1-2H3. The van der Waals surface area contributed by atoms with Crippen molar-refractivity contribution in [2.24, 2.45) is 0 Å². The highest BCUT2D eigenvalue weighted by Gasteiger charge is 2.04. The number of hydrogen-bond donors (Lipinski definition) is 1. The minimum absolute atomic E-state index is 0.495. The third-order valence-electron chi connectivity index (χ3n) is 2.91. The summed E-state index contributed by atoms with van der Waals surface area (Å²) in [6, 6.07) is 12.7. The van der Waals surface area contributed by atoms with Gasteiger partial charge in [-0.15, -0.1) is 0 Å². The van der Waals surface area contributed by atoms with E-state index in [4.69, 9.17) is 4.74 Å². The summed E-state index contributed by atoms with van der Waals surface area (Å²) in [4.78, 5) is 0. The van der Waals surface area contributed by atoms with Gasteiger partial charge < -0.3 is 4.74 Å². The fraction of sp³-hybridized carbons (Fsp3) is 0.286. The Morgan fingerprint density at radius 2 is 1.81 bits per heavy atom. The van der Waals surface area contributed by atoms with E-state index in [9.17, 15) is 0 Å². The fourth-order valence-electron chi connectivity index (χ4n) is 1.78. The van der Waals surface area contributed by atoms with E-state index in [1.165, 1.54) is 16.3 Å². The summed E-state index contributed by atoms with van der Waals surface area (Å²) in [5.74, 6) is 2.28. The van der Waals surface area contributed by atoms with Gasteiger partial charge in [-0.25, -0.2) is 0 Å². The third kappa shape index (κ3) is 2.17. The van der Waals surface area contributed by atoms with Crippen molar-refractivity contribution in [1.29, 1.82) is 0 Å². The van der Waals surface area contributed by atoms with Crippen LogP contribution < -0.4 is 4.74 Å². The number of fused-ring (bicyclic) bond motifs is 1. The van der Waals surface area contributed by atoms with Gasteiger partial charge in [-0.05, 0) is 40.1 Å². The molecule has 0 aliphatic heterocycles. The smallest absolute Gasteiger partial charge is 0.119 e. The summed E-state index contributed by atoms with van der Waals surface area (Å²) in [5.41, 5.74) is 1.34. The van der Waals surface area contributed by atoms with Gasteiger partial charge in [0.05, 0.1) is 7.11 Å². The van der Waals surface area contributed by atoms with Gasteiger partial charge in [0.1, 0.15) is 5.75 Å². The van der Waals surface area contributed by atoms with Crippen LogP contribution in [0.2, 0.25) is 0 Å². The van der Waals surface area contributed by atoms with E-state index in [0.717, 1.165) is 11.5 Å². The molecule has 0 fully saturated rings. The van der Waals surface area contributed by atoms with Crippen LogP contribution in [0.3, 0.4) is 0 Å². The van der Waals surface area contributed by atoms with E-state index in [1.54, 1.807) is 7.11 Å². The van der Waals surface area contributed by atoms with Crippen LogP contribution in [0.5, 0.6) is 5.75 Å². The van der Waals surface area contributed by atoms with E-state index in [1.807, 2.05) is 6.07 Å². The molecule has 1 atom stereocenters. The van der Waals surface area contributed by atoms with Crippen molar-refractivity contribution in [2.45, 2.75) is 12.8 Å². The molecule has 2 rings (SSSR count). The zero-order valence-electron chi connectivity index (χ0n) is 9.60. The summed E-state index contributed by atoms with van der Waals surface area (Å²) in [6.07, 6.45) is 0. The first-order valence-electron chi connectivity index (χ1n) is 5.43. The maximum absolute atomic E-state index is 5.21. The van der Waals surface area contributed by atoms with Crippen LogP contribution in [0.25, 0.3) is 10.8 Å². The van der Waals surface area contributed by atoms with E-state index in [2.05, 4.69) is 49.9 Å². The molecule has 0 aliphatic carbocycles. The maximum Gasteiger partial charge on any atom is 0.119 e. The first-order valence-corrected chi connectivity index (χ1v) is 6.06. The van der Waals surface area contributed by atoms with Crippen LogP contribution in [0.1, 0.15) is 18.4 Å². The Morgan fingerprint density at radius 3 is 2.50 bits per heavy atom. The second-order valence-corrected chi connectivity index (χ2v) is 4.42. The largest absolute Gasteiger partial charge is 0.497 e. The van der Waals surface area contributed by atoms with E-state index < -0.39 is 0 Å². The molecule has 2 aromatic carbocycles. The lowest BCUT2D eigenvalue weighted by Crippen LogP contribution is -1.94. The molecule has 1 unspecified atom stereocenters. The molecular weight excluding hydrogens is 216 g/mol. The van der Waals surface area contributed by atoms with Crippen molar-refractivity contribution >= 4 is 23.4 Å². The van der Waals surface area contributed by atoms with Crippen molar-refractivity contribution in [3.8, 4) is 5.75 Å². The molecule has 0 saturated carbocycles. The number of thiol groups is 1. The summed E-state index contributed by atoms with van der Waals surface area (Å²) in [6.45, 7) is 2.19. The second kappa shape index (κ2) is 4.79. The summed E-state index contributed by atoms with van der Waals surface area (Å²) >= 11 is 4.33. The molecular formula is C14H16OS. The predicted molar refractivity (Wildman–Crippen MR) is 72.8 cm³/mol. The molecule has 0 bridgehead atoms. The van der Waals surface area contributed by atoms with Crippen LogP contribution in [0, 0.1) is 0 Å². The van der Waals surface area contributed by atoms with Gasteiger partial charge in [-0.3, -0.25) is 0 Å². The lowest BCUT2D eigenvalue weighted by atomic mass is 9.99. The first-order chi connectivity index (χ1) is 7.74. The Balaban J connectivity index is 2.47. The van der Waals surface area contributed by atoms with Gasteiger partial charge in [0.2, 0.25) is 0 Å². The number of ether oxygens (including phenoxy) is 1. The average molecular weight is 232 g/mol. The molecule has 16 heavy (non-hydrogen) atoms. The normalized spacial score (nSPS) is 12.7. The van der Waals surface area contributed by atoms with Crippen molar-refractivity contribution in [1.82, 2.24) is 0 Å². The predicted octanol–water partition coefficient (Wildman–Crippen LogP) is 3.88. The Morgan fingerprint density at radius 1 is 1.12 bits per heavy atom. The van der Waals surface area contributed by atoms with Crippen molar-refractivity contribution < 1.29 is 4.74 Å². The van der Waals surface area contributed by atoms with E-state index in [0.29, 0.717) is 5.92 Å². The molecule has 0 heterocycles. The Bertz CT molecular complexity index is 493. The van der Waals surface area contributed by atoms with E-state index >= 15 is 0 Å².